The highest BCUT2D eigenvalue weighted by molar-refractivity contribution is 5.93. The molecule has 1 aromatic heterocycles. The Hall–Kier alpha value is -1.92. The summed E-state index contributed by atoms with van der Waals surface area (Å²) < 4.78 is 12.7. The standard InChI is InChI=1S/C18H25N3O3/c1-18(2,3)11-19-8-13-9-24-10-16-20-14-7-12(17(22)23-4)5-6-15(14)21(13)16/h5-7,13,19H,8-11H2,1-4H3/t13-/m0/s1. The third-order valence-corrected chi connectivity index (χ3v) is 4.13. The van der Waals surface area contributed by atoms with Gasteiger partial charge in [-0.3, -0.25) is 0 Å². The van der Waals surface area contributed by atoms with E-state index in [1.165, 1.54) is 7.11 Å². The van der Waals surface area contributed by atoms with Gasteiger partial charge in [0.05, 0.1) is 36.4 Å². The SMILES string of the molecule is COC(=O)c1ccc2c(c1)nc1n2[C@@H](CNCC(C)(C)C)COC1. The maximum atomic E-state index is 11.7. The van der Waals surface area contributed by atoms with Gasteiger partial charge in [-0.25, -0.2) is 9.78 Å². The number of carbonyl (C=O) groups excluding carboxylic acids is 1. The maximum Gasteiger partial charge on any atom is 0.337 e. The highest BCUT2D eigenvalue weighted by Gasteiger charge is 2.25. The minimum Gasteiger partial charge on any atom is -0.465 e. The molecular weight excluding hydrogens is 306 g/mol. The van der Waals surface area contributed by atoms with E-state index in [2.05, 4.69) is 35.6 Å². The molecule has 0 saturated heterocycles. The van der Waals surface area contributed by atoms with Crippen LogP contribution in [-0.2, 0) is 16.1 Å². The van der Waals surface area contributed by atoms with Crippen molar-refractivity contribution in [3.63, 3.8) is 0 Å². The first-order valence-corrected chi connectivity index (χ1v) is 8.27. The number of imidazole rings is 1. The number of hydrogen-bond acceptors (Lipinski definition) is 5. The van der Waals surface area contributed by atoms with Gasteiger partial charge in [0, 0.05) is 13.1 Å². The lowest BCUT2D eigenvalue weighted by Gasteiger charge is -2.28. The van der Waals surface area contributed by atoms with E-state index in [-0.39, 0.29) is 17.4 Å². The third-order valence-electron chi connectivity index (χ3n) is 4.13. The van der Waals surface area contributed by atoms with Gasteiger partial charge < -0.3 is 19.4 Å². The molecule has 0 radical (unpaired) electrons. The molecule has 1 N–H and O–H groups in total. The molecule has 6 nitrogen and oxygen atoms in total. The molecule has 1 aliphatic rings. The molecule has 0 amide bonds. The summed E-state index contributed by atoms with van der Waals surface area (Å²) in [6.07, 6.45) is 0. The number of nitrogens with zero attached hydrogens (tertiary/aromatic N) is 2. The van der Waals surface area contributed by atoms with Gasteiger partial charge in [0.15, 0.2) is 0 Å². The first kappa shape index (κ1) is 16.9. The predicted octanol–water partition coefficient (Wildman–Crippen LogP) is 2.53. The first-order chi connectivity index (χ1) is 11.4. The molecule has 0 fully saturated rings. The number of nitrogens with one attached hydrogen (secondary N) is 1. The molecule has 2 aromatic rings. The maximum absolute atomic E-state index is 11.7. The van der Waals surface area contributed by atoms with Crippen molar-refractivity contribution >= 4 is 17.0 Å². The van der Waals surface area contributed by atoms with E-state index in [1.807, 2.05) is 6.07 Å². The zero-order valence-corrected chi connectivity index (χ0v) is 14.8. The van der Waals surface area contributed by atoms with Crippen LogP contribution in [0.4, 0.5) is 0 Å². The second kappa shape index (κ2) is 6.53. The van der Waals surface area contributed by atoms with Gasteiger partial charge in [0.1, 0.15) is 12.4 Å². The molecule has 1 atom stereocenters. The Morgan fingerprint density at radius 2 is 2.25 bits per heavy atom. The van der Waals surface area contributed by atoms with Crippen LogP contribution in [0.2, 0.25) is 0 Å². The molecule has 0 bridgehead atoms. The van der Waals surface area contributed by atoms with Crippen molar-refractivity contribution in [2.75, 3.05) is 26.8 Å². The monoisotopic (exact) mass is 331 g/mol. The normalized spacial score (nSPS) is 17.8. The number of carbonyl (C=O) groups is 1. The third kappa shape index (κ3) is 3.44. The number of aromatic nitrogens is 2. The average Bonchev–Trinajstić information content (AvgIpc) is 2.91. The van der Waals surface area contributed by atoms with E-state index in [0.717, 1.165) is 29.9 Å². The summed E-state index contributed by atoms with van der Waals surface area (Å²) >= 11 is 0. The topological polar surface area (TPSA) is 65.4 Å². The number of esters is 1. The van der Waals surface area contributed by atoms with Crippen molar-refractivity contribution in [2.45, 2.75) is 33.4 Å². The van der Waals surface area contributed by atoms with E-state index in [1.54, 1.807) is 12.1 Å². The number of fused-ring (bicyclic) bond motifs is 3. The molecule has 0 spiro atoms. The van der Waals surface area contributed by atoms with E-state index >= 15 is 0 Å². The number of ether oxygens (including phenoxy) is 2. The van der Waals surface area contributed by atoms with Gasteiger partial charge in [-0.05, 0) is 23.6 Å². The highest BCUT2D eigenvalue weighted by Crippen LogP contribution is 2.26. The van der Waals surface area contributed by atoms with Gasteiger partial charge >= 0.3 is 5.97 Å². The lowest BCUT2D eigenvalue weighted by atomic mass is 9.97. The van der Waals surface area contributed by atoms with Gasteiger partial charge in [-0.2, -0.15) is 0 Å². The van der Waals surface area contributed by atoms with Gasteiger partial charge in [-0.1, -0.05) is 20.8 Å². The fraction of sp³-hybridized carbons (Fsp3) is 0.556. The predicted molar refractivity (Wildman–Crippen MR) is 92.1 cm³/mol. The van der Waals surface area contributed by atoms with Crippen LogP contribution >= 0.6 is 0 Å². The second-order valence-corrected chi connectivity index (χ2v) is 7.45. The molecule has 1 aromatic carbocycles. The average molecular weight is 331 g/mol. The Morgan fingerprint density at radius 3 is 2.96 bits per heavy atom. The van der Waals surface area contributed by atoms with Gasteiger partial charge in [0.25, 0.3) is 0 Å². The fourth-order valence-electron chi connectivity index (χ4n) is 3.03. The summed E-state index contributed by atoms with van der Waals surface area (Å²) in [6.45, 7) is 9.57. The Morgan fingerprint density at radius 1 is 1.46 bits per heavy atom. The molecule has 6 heteroatoms. The molecule has 1 aliphatic heterocycles. The van der Waals surface area contributed by atoms with Crippen LogP contribution in [0.15, 0.2) is 18.2 Å². The second-order valence-electron chi connectivity index (χ2n) is 7.45. The van der Waals surface area contributed by atoms with Crippen molar-refractivity contribution in [3.05, 3.63) is 29.6 Å². The minimum absolute atomic E-state index is 0.199. The van der Waals surface area contributed by atoms with Crippen LogP contribution in [0, 0.1) is 5.41 Å². The summed E-state index contributed by atoms with van der Waals surface area (Å²) in [6, 6.07) is 5.72. The Balaban J connectivity index is 1.87. The number of hydrogen-bond donors (Lipinski definition) is 1. The molecule has 130 valence electrons. The van der Waals surface area contributed by atoms with Crippen LogP contribution in [-0.4, -0.2) is 42.3 Å². The molecule has 0 aliphatic carbocycles. The summed E-state index contributed by atoms with van der Waals surface area (Å²) in [5.74, 6) is 0.559. The quantitative estimate of drug-likeness (QED) is 0.872. The van der Waals surface area contributed by atoms with Crippen molar-refractivity contribution in [1.29, 1.82) is 0 Å². The summed E-state index contributed by atoms with van der Waals surface area (Å²) in [4.78, 5) is 16.3. The van der Waals surface area contributed by atoms with Gasteiger partial charge in [0.2, 0.25) is 0 Å². The zero-order chi connectivity index (χ0) is 17.3. The fourth-order valence-corrected chi connectivity index (χ4v) is 3.03. The van der Waals surface area contributed by atoms with E-state index in [0.29, 0.717) is 18.8 Å². The largest absolute Gasteiger partial charge is 0.465 e. The number of rotatable bonds is 4. The van der Waals surface area contributed by atoms with Crippen molar-refractivity contribution in [2.24, 2.45) is 5.41 Å². The summed E-state index contributed by atoms with van der Waals surface area (Å²) in [7, 11) is 1.38. The van der Waals surface area contributed by atoms with Crippen molar-refractivity contribution in [1.82, 2.24) is 14.9 Å². The first-order valence-electron chi connectivity index (χ1n) is 8.27. The number of benzene rings is 1. The molecule has 0 saturated carbocycles. The van der Waals surface area contributed by atoms with Gasteiger partial charge in [-0.15, -0.1) is 0 Å². The highest BCUT2D eigenvalue weighted by atomic mass is 16.5. The van der Waals surface area contributed by atoms with Crippen LogP contribution in [0.3, 0.4) is 0 Å². The van der Waals surface area contributed by atoms with E-state index in [4.69, 9.17) is 9.47 Å². The summed E-state index contributed by atoms with van der Waals surface area (Å²) in [5.41, 5.74) is 2.59. The Bertz CT molecular complexity index is 746. The Kier molecular flexibility index (Phi) is 4.60. The minimum atomic E-state index is -0.345. The molecule has 24 heavy (non-hydrogen) atoms. The lowest BCUT2D eigenvalue weighted by molar-refractivity contribution is 0.0558. The smallest absolute Gasteiger partial charge is 0.337 e. The number of methoxy groups -OCH3 is 1. The van der Waals surface area contributed by atoms with Crippen molar-refractivity contribution < 1.29 is 14.3 Å². The van der Waals surface area contributed by atoms with E-state index < -0.39 is 0 Å². The van der Waals surface area contributed by atoms with Crippen LogP contribution < -0.4 is 5.32 Å². The van der Waals surface area contributed by atoms with E-state index in [9.17, 15) is 4.79 Å². The Labute approximate surface area is 142 Å². The zero-order valence-electron chi connectivity index (χ0n) is 14.8. The molecular formula is C18H25N3O3. The molecule has 0 unspecified atom stereocenters. The van der Waals surface area contributed by atoms with Crippen LogP contribution in [0.25, 0.3) is 11.0 Å². The lowest BCUT2D eigenvalue weighted by Crippen LogP contribution is -2.36. The summed E-state index contributed by atoms with van der Waals surface area (Å²) in [5, 5.41) is 3.53. The molecule has 3 rings (SSSR count). The molecule has 2 heterocycles. The van der Waals surface area contributed by atoms with Crippen LogP contribution in [0.1, 0.15) is 43.0 Å². The van der Waals surface area contributed by atoms with Crippen LogP contribution in [0.5, 0.6) is 0 Å². The van der Waals surface area contributed by atoms with Crippen molar-refractivity contribution in [3.8, 4) is 0 Å².